The van der Waals surface area contributed by atoms with Crippen molar-refractivity contribution < 1.29 is 9.59 Å². The normalized spacial score (nSPS) is 16.5. The summed E-state index contributed by atoms with van der Waals surface area (Å²) in [7, 11) is 0. The second-order valence-electron chi connectivity index (χ2n) is 6.01. The van der Waals surface area contributed by atoms with E-state index in [2.05, 4.69) is 16.0 Å². The van der Waals surface area contributed by atoms with Crippen LogP contribution in [-0.4, -0.2) is 42.7 Å². The van der Waals surface area contributed by atoms with Gasteiger partial charge in [-0.1, -0.05) is 12.1 Å². The van der Waals surface area contributed by atoms with Gasteiger partial charge in [0.05, 0.1) is 11.3 Å². The molecule has 7 heteroatoms. The Hall–Kier alpha value is -1.24. The molecule has 0 aliphatic carbocycles. The highest BCUT2D eigenvalue weighted by Gasteiger charge is 2.17. The van der Waals surface area contributed by atoms with Crippen molar-refractivity contribution in [3.05, 3.63) is 29.8 Å². The molecule has 0 saturated carbocycles. The first-order chi connectivity index (χ1) is 11.1. The predicted molar refractivity (Wildman–Crippen MR) is 101 cm³/mol. The predicted octanol–water partition coefficient (Wildman–Crippen LogP) is 2.21. The number of carbonyl (C=O) groups excluding carboxylic acids is 2. The fourth-order valence-electron chi connectivity index (χ4n) is 2.53. The third kappa shape index (κ3) is 6.71. The van der Waals surface area contributed by atoms with Crippen LogP contribution < -0.4 is 16.0 Å². The molecule has 2 amide bonds. The average Bonchev–Trinajstić information content (AvgIpc) is 3.03. The molecule has 2 rings (SSSR count). The number of amides is 2. The first-order valence-corrected chi connectivity index (χ1v) is 9.07. The van der Waals surface area contributed by atoms with Gasteiger partial charge in [-0.2, -0.15) is 0 Å². The fraction of sp³-hybridized carbons (Fsp3) is 0.529. The molecule has 1 atom stereocenters. The molecule has 0 spiro atoms. The molecule has 1 aromatic carbocycles. The monoisotopic (exact) mass is 371 g/mol. The molecule has 5 nitrogen and oxygen atoms in total. The maximum Gasteiger partial charge on any atom is 0.252 e. The summed E-state index contributed by atoms with van der Waals surface area (Å²) >= 11 is 1.40. The summed E-state index contributed by atoms with van der Waals surface area (Å²) in [6, 6.07) is 7.92. The number of rotatable bonds is 7. The van der Waals surface area contributed by atoms with Gasteiger partial charge in [-0.3, -0.25) is 9.59 Å². The van der Waals surface area contributed by atoms with Gasteiger partial charge >= 0.3 is 0 Å². The molecule has 24 heavy (non-hydrogen) atoms. The van der Waals surface area contributed by atoms with E-state index in [1.165, 1.54) is 11.8 Å². The van der Waals surface area contributed by atoms with Crippen LogP contribution in [0, 0.1) is 0 Å². The number of nitrogens with one attached hydrogen (secondary N) is 3. The van der Waals surface area contributed by atoms with Gasteiger partial charge in [-0.15, -0.1) is 24.2 Å². The lowest BCUT2D eigenvalue weighted by Crippen LogP contribution is -2.37. The van der Waals surface area contributed by atoms with Crippen LogP contribution in [-0.2, 0) is 4.79 Å². The number of halogens is 1. The van der Waals surface area contributed by atoms with Gasteiger partial charge in [0, 0.05) is 23.5 Å². The molecular weight excluding hydrogens is 346 g/mol. The molecule has 1 saturated heterocycles. The second-order valence-corrected chi connectivity index (χ2v) is 7.03. The van der Waals surface area contributed by atoms with Crippen LogP contribution in [0.25, 0.3) is 0 Å². The Balaban J connectivity index is 0.00000288. The largest absolute Gasteiger partial charge is 0.353 e. The quantitative estimate of drug-likeness (QED) is 0.643. The number of hydrogen-bond acceptors (Lipinski definition) is 4. The Labute approximate surface area is 154 Å². The van der Waals surface area contributed by atoms with Crippen molar-refractivity contribution in [2.75, 3.05) is 18.8 Å². The zero-order valence-corrected chi connectivity index (χ0v) is 15.8. The smallest absolute Gasteiger partial charge is 0.252 e. The molecule has 1 fully saturated rings. The van der Waals surface area contributed by atoms with Crippen LogP contribution in [0.3, 0.4) is 0 Å². The summed E-state index contributed by atoms with van der Waals surface area (Å²) in [5.41, 5.74) is 0.632. The maximum absolute atomic E-state index is 12.4. The van der Waals surface area contributed by atoms with E-state index in [1.54, 1.807) is 6.07 Å². The number of benzene rings is 1. The molecule has 1 heterocycles. The summed E-state index contributed by atoms with van der Waals surface area (Å²) in [6.45, 7) is 5.53. The molecule has 134 valence electrons. The first-order valence-electron chi connectivity index (χ1n) is 8.09. The van der Waals surface area contributed by atoms with Crippen molar-refractivity contribution in [2.24, 2.45) is 0 Å². The van der Waals surface area contributed by atoms with Gasteiger partial charge < -0.3 is 16.0 Å². The fourth-order valence-corrected chi connectivity index (χ4v) is 3.39. The lowest BCUT2D eigenvalue weighted by molar-refractivity contribution is -0.119. The van der Waals surface area contributed by atoms with E-state index in [0.29, 0.717) is 23.9 Å². The Bertz CT molecular complexity index is 548. The molecule has 1 unspecified atom stereocenters. The van der Waals surface area contributed by atoms with E-state index in [-0.39, 0.29) is 30.3 Å². The van der Waals surface area contributed by atoms with E-state index in [1.807, 2.05) is 32.0 Å². The van der Waals surface area contributed by atoms with Crippen molar-refractivity contribution in [2.45, 2.75) is 43.7 Å². The lowest BCUT2D eigenvalue weighted by atomic mass is 10.2. The molecule has 1 aliphatic heterocycles. The summed E-state index contributed by atoms with van der Waals surface area (Å²) < 4.78 is 0. The van der Waals surface area contributed by atoms with Crippen LogP contribution in [0.1, 0.15) is 37.0 Å². The average molecular weight is 372 g/mol. The van der Waals surface area contributed by atoms with Gasteiger partial charge in [0.25, 0.3) is 5.91 Å². The van der Waals surface area contributed by atoms with Crippen LogP contribution >= 0.6 is 24.2 Å². The van der Waals surface area contributed by atoms with Crippen LogP contribution in [0.2, 0.25) is 0 Å². The molecular formula is C17H26ClN3O2S. The molecule has 0 bridgehead atoms. The van der Waals surface area contributed by atoms with Crippen molar-refractivity contribution in [1.82, 2.24) is 16.0 Å². The summed E-state index contributed by atoms with van der Waals surface area (Å²) in [4.78, 5) is 25.0. The van der Waals surface area contributed by atoms with Gasteiger partial charge in [-0.05, 0) is 45.4 Å². The van der Waals surface area contributed by atoms with E-state index < -0.39 is 0 Å². The Kier molecular flexibility index (Phi) is 9.18. The number of carbonyl (C=O) groups is 2. The minimum absolute atomic E-state index is 0. The molecule has 3 N–H and O–H groups in total. The van der Waals surface area contributed by atoms with Gasteiger partial charge in [0.1, 0.15) is 0 Å². The summed E-state index contributed by atoms with van der Waals surface area (Å²) in [5, 5.41) is 9.20. The standard InChI is InChI=1S/C17H25N3O2S.ClH/c1-12(2)20-16(21)11-23-15-8-4-3-7-14(15)17(22)19-10-13-6-5-9-18-13;/h3-4,7-8,12-13,18H,5-6,9-11H2,1-2H3,(H,19,22)(H,20,21);1H. The summed E-state index contributed by atoms with van der Waals surface area (Å²) in [6.07, 6.45) is 2.27. The van der Waals surface area contributed by atoms with Crippen LogP contribution in [0.4, 0.5) is 0 Å². The number of thioether (sulfide) groups is 1. The highest BCUT2D eigenvalue weighted by Crippen LogP contribution is 2.22. The zero-order chi connectivity index (χ0) is 16.7. The Morgan fingerprint density at radius 3 is 2.75 bits per heavy atom. The lowest BCUT2D eigenvalue weighted by Gasteiger charge is -2.13. The zero-order valence-electron chi connectivity index (χ0n) is 14.1. The topological polar surface area (TPSA) is 70.2 Å². The van der Waals surface area contributed by atoms with Crippen molar-refractivity contribution >= 4 is 36.0 Å². The van der Waals surface area contributed by atoms with Gasteiger partial charge in [-0.25, -0.2) is 0 Å². The van der Waals surface area contributed by atoms with Crippen LogP contribution in [0.15, 0.2) is 29.2 Å². The summed E-state index contributed by atoms with van der Waals surface area (Å²) in [5.74, 6) is 0.216. The maximum atomic E-state index is 12.4. The van der Waals surface area contributed by atoms with Crippen LogP contribution in [0.5, 0.6) is 0 Å². The molecule has 0 aromatic heterocycles. The minimum Gasteiger partial charge on any atom is -0.353 e. The first kappa shape index (κ1) is 20.8. The van der Waals surface area contributed by atoms with Crippen molar-refractivity contribution in [1.29, 1.82) is 0 Å². The Morgan fingerprint density at radius 1 is 1.33 bits per heavy atom. The van der Waals surface area contributed by atoms with Gasteiger partial charge in [0.15, 0.2) is 0 Å². The highest BCUT2D eigenvalue weighted by atomic mass is 35.5. The van der Waals surface area contributed by atoms with Crippen molar-refractivity contribution in [3.63, 3.8) is 0 Å². The SMILES string of the molecule is CC(C)NC(=O)CSc1ccccc1C(=O)NCC1CCCN1.Cl. The minimum atomic E-state index is -0.0777. The van der Waals surface area contributed by atoms with E-state index >= 15 is 0 Å². The third-order valence-corrected chi connectivity index (χ3v) is 4.69. The van der Waals surface area contributed by atoms with E-state index in [9.17, 15) is 9.59 Å². The molecule has 0 radical (unpaired) electrons. The molecule has 1 aliphatic rings. The Morgan fingerprint density at radius 2 is 2.08 bits per heavy atom. The van der Waals surface area contributed by atoms with E-state index in [0.717, 1.165) is 24.3 Å². The molecule has 1 aromatic rings. The third-order valence-electron chi connectivity index (χ3n) is 3.61. The highest BCUT2D eigenvalue weighted by molar-refractivity contribution is 8.00. The van der Waals surface area contributed by atoms with E-state index in [4.69, 9.17) is 0 Å². The van der Waals surface area contributed by atoms with Gasteiger partial charge in [0.2, 0.25) is 5.91 Å². The van der Waals surface area contributed by atoms with Crippen molar-refractivity contribution in [3.8, 4) is 0 Å². The second kappa shape index (κ2) is 10.6. The number of hydrogen-bond donors (Lipinski definition) is 3.